The fourth-order valence-electron chi connectivity index (χ4n) is 2.40. The number of benzene rings is 2. The van der Waals surface area contributed by atoms with Crippen molar-refractivity contribution in [2.24, 2.45) is 0 Å². The second-order valence-electron chi connectivity index (χ2n) is 5.80. The van der Waals surface area contributed by atoms with Gasteiger partial charge in [0.25, 0.3) is 0 Å². The van der Waals surface area contributed by atoms with Crippen molar-refractivity contribution in [1.29, 1.82) is 0 Å². The summed E-state index contributed by atoms with van der Waals surface area (Å²) in [7, 11) is 1.56. The molecule has 0 bridgehead atoms. The monoisotopic (exact) mass is 417 g/mol. The number of aliphatic hydroxyl groups is 1. The molecule has 0 aliphatic carbocycles. The lowest BCUT2D eigenvalue weighted by Gasteiger charge is -2.17. The van der Waals surface area contributed by atoms with Gasteiger partial charge in [0.05, 0.1) is 18.7 Å². The van der Waals surface area contributed by atoms with Crippen LogP contribution >= 0.6 is 34.8 Å². The fourth-order valence-corrected chi connectivity index (χ4v) is 3.16. The Labute approximate surface area is 169 Å². The van der Waals surface area contributed by atoms with E-state index >= 15 is 0 Å². The molecule has 0 saturated carbocycles. The Morgan fingerprint density at radius 3 is 2.50 bits per heavy atom. The van der Waals surface area contributed by atoms with Crippen LogP contribution in [-0.4, -0.2) is 24.9 Å². The molecule has 0 spiro atoms. The Kier molecular flexibility index (Phi) is 8.32. The van der Waals surface area contributed by atoms with Crippen molar-refractivity contribution in [3.8, 4) is 11.5 Å². The maximum absolute atomic E-state index is 9.27. The van der Waals surface area contributed by atoms with Gasteiger partial charge in [0, 0.05) is 28.2 Å². The Morgan fingerprint density at radius 2 is 1.88 bits per heavy atom. The van der Waals surface area contributed by atoms with E-state index in [1.807, 2.05) is 25.1 Å². The normalized spacial score (nSPS) is 12.1. The molecule has 1 atom stereocenters. The largest absolute Gasteiger partial charge is 0.493 e. The van der Waals surface area contributed by atoms with Gasteiger partial charge in [-0.05, 0) is 36.2 Å². The van der Waals surface area contributed by atoms with E-state index < -0.39 is 0 Å². The first-order valence-electron chi connectivity index (χ1n) is 8.25. The molecule has 0 aliphatic heterocycles. The maximum Gasteiger partial charge on any atom is 0.180 e. The molecule has 0 fully saturated rings. The minimum Gasteiger partial charge on any atom is -0.493 e. The molecule has 142 valence electrons. The van der Waals surface area contributed by atoms with E-state index in [2.05, 4.69) is 5.32 Å². The third kappa shape index (κ3) is 5.66. The summed E-state index contributed by atoms with van der Waals surface area (Å²) in [5.41, 5.74) is 1.74. The Hall–Kier alpha value is -1.17. The molecular weight excluding hydrogens is 397 g/mol. The smallest absolute Gasteiger partial charge is 0.180 e. The minimum absolute atomic E-state index is 0.0442. The fraction of sp³-hybridized carbons (Fsp3) is 0.368. The van der Waals surface area contributed by atoms with Crippen molar-refractivity contribution in [2.75, 3.05) is 13.7 Å². The maximum atomic E-state index is 9.27. The molecule has 0 aliphatic rings. The summed E-state index contributed by atoms with van der Waals surface area (Å²) in [6.45, 7) is 2.91. The van der Waals surface area contributed by atoms with Crippen molar-refractivity contribution < 1.29 is 14.6 Å². The highest BCUT2D eigenvalue weighted by Crippen LogP contribution is 2.37. The van der Waals surface area contributed by atoms with Crippen molar-refractivity contribution >= 4 is 34.8 Å². The van der Waals surface area contributed by atoms with E-state index in [4.69, 9.17) is 44.3 Å². The zero-order chi connectivity index (χ0) is 19.1. The lowest BCUT2D eigenvalue weighted by Crippen LogP contribution is -2.31. The van der Waals surface area contributed by atoms with Gasteiger partial charge in [-0.15, -0.1) is 0 Å². The molecule has 4 nitrogen and oxygen atoms in total. The Bertz CT molecular complexity index is 736. The topological polar surface area (TPSA) is 50.7 Å². The quantitative estimate of drug-likeness (QED) is 0.595. The number of methoxy groups -OCH3 is 1. The van der Waals surface area contributed by atoms with Crippen LogP contribution in [0.2, 0.25) is 15.1 Å². The van der Waals surface area contributed by atoms with Gasteiger partial charge in [-0.3, -0.25) is 0 Å². The lowest BCUT2D eigenvalue weighted by molar-refractivity contribution is 0.238. The molecule has 0 amide bonds. The average Bonchev–Trinajstić information content (AvgIpc) is 2.62. The number of halogens is 3. The summed E-state index contributed by atoms with van der Waals surface area (Å²) in [6, 6.07) is 8.96. The number of hydrogen-bond donors (Lipinski definition) is 2. The molecule has 7 heteroatoms. The van der Waals surface area contributed by atoms with Crippen LogP contribution < -0.4 is 14.8 Å². The first-order chi connectivity index (χ1) is 12.5. The predicted octanol–water partition coefficient (Wildman–Crippen LogP) is 5.09. The van der Waals surface area contributed by atoms with Gasteiger partial charge >= 0.3 is 0 Å². The summed E-state index contributed by atoms with van der Waals surface area (Å²) in [4.78, 5) is 0. The van der Waals surface area contributed by atoms with Gasteiger partial charge in [0.15, 0.2) is 11.5 Å². The van der Waals surface area contributed by atoms with Gasteiger partial charge in [0.2, 0.25) is 0 Å². The molecule has 0 saturated heterocycles. The molecule has 2 aromatic rings. The van der Waals surface area contributed by atoms with Gasteiger partial charge in [-0.25, -0.2) is 0 Å². The van der Waals surface area contributed by atoms with Crippen LogP contribution in [0.1, 0.15) is 24.5 Å². The molecule has 0 radical (unpaired) electrons. The zero-order valence-corrected chi connectivity index (χ0v) is 17.0. The third-order valence-corrected chi connectivity index (χ3v) is 4.85. The lowest BCUT2D eigenvalue weighted by atomic mass is 10.1. The predicted molar refractivity (Wildman–Crippen MR) is 107 cm³/mol. The summed E-state index contributed by atoms with van der Waals surface area (Å²) in [6.07, 6.45) is 0.838. The van der Waals surface area contributed by atoms with Crippen LogP contribution in [-0.2, 0) is 13.2 Å². The van der Waals surface area contributed by atoms with E-state index in [9.17, 15) is 5.11 Å². The molecule has 0 heterocycles. The van der Waals surface area contributed by atoms with E-state index in [1.54, 1.807) is 19.2 Å². The van der Waals surface area contributed by atoms with Crippen LogP contribution in [0.25, 0.3) is 0 Å². The SMILES string of the molecule is CC[C@H](CO)NCc1cc(Cl)c(OCc2ccc(Cl)cc2Cl)c(OC)c1. The number of rotatable bonds is 9. The Balaban J connectivity index is 2.13. The number of aliphatic hydroxyl groups excluding tert-OH is 1. The number of ether oxygens (including phenoxy) is 2. The Morgan fingerprint density at radius 1 is 1.12 bits per heavy atom. The standard InChI is InChI=1S/C19H22Cl3NO3/c1-3-15(10-24)23-9-12-6-17(22)19(18(7-12)25-2)26-11-13-4-5-14(20)8-16(13)21/h4-8,15,23-24H,3,9-11H2,1-2H3/t15-/m1/s1. The molecule has 2 N–H and O–H groups in total. The molecule has 2 rings (SSSR count). The van der Waals surface area contributed by atoms with E-state index in [0.29, 0.717) is 33.1 Å². The highest BCUT2D eigenvalue weighted by Gasteiger charge is 2.14. The summed E-state index contributed by atoms with van der Waals surface area (Å²) in [5.74, 6) is 0.995. The second-order valence-corrected chi connectivity index (χ2v) is 7.05. The van der Waals surface area contributed by atoms with E-state index in [-0.39, 0.29) is 19.3 Å². The first-order valence-corrected chi connectivity index (χ1v) is 9.39. The van der Waals surface area contributed by atoms with Gasteiger partial charge in [0.1, 0.15) is 6.61 Å². The van der Waals surface area contributed by atoms with Crippen LogP contribution in [0.3, 0.4) is 0 Å². The molecule has 26 heavy (non-hydrogen) atoms. The summed E-state index contributed by atoms with van der Waals surface area (Å²) < 4.78 is 11.3. The highest BCUT2D eigenvalue weighted by atomic mass is 35.5. The third-order valence-electron chi connectivity index (χ3n) is 3.98. The second kappa shape index (κ2) is 10.2. The molecule has 2 aromatic carbocycles. The summed E-state index contributed by atoms with van der Waals surface area (Å²) in [5, 5.41) is 14.1. The molecule has 0 unspecified atom stereocenters. The van der Waals surface area contributed by atoms with Crippen LogP contribution in [0, 0.1) is 0 Å². The number of hydrogen-bond acceptors (Lipinski definition) is 4. The summed E-state index contributed by atoms with van der Waals surface area (Å²) >= 11 is 18.5. The van der Waals surface area contributed by atoms with Crippen molar-refractivity contribution in [2.45, 2.75) is 32.5 Å². The first kappa shape index (κ1) is 21.1. The van der Waals surface area contributed by atoms with E-state index in [1.165, 1.54) is 0 Å². The van der Waals surface area contributed by atoms with Crippen LogP contribution in [0.4, 0.5) is 0 Å². The van der Waals surface area contributed by atoms with E-state index in [0.717, 1.165) is 17.5 Å². The van der Waals surface area contributed by atoms with Crippen molar-refractivity contribution in [3.05, 3.63) is 56.5 Å². The minimum atomic E-state index is 0.0442. The van der Waals surface area contributed by atoms with Gasteiger partial charge in [-0.1, -0.05) is 47.8 Å². The van der Waals surface area contributed by atoms with Gasteiger partial charge in [-0.2, -0.15) is 0 Å². The van der Waals surface area contributed by atoms with Crippen LogP contribution in [0.15, 0.2) is 30.3 Å². The zero-order valence-electron chi connectivity index (χ0n) is 14.7. The molecule has 0 aromatic heterocycles. The van der Waals surface area contributed by atoms with Crippen molar-refractivity contribution in [1.82, 2.24) is 5.32 Å². The van der Waals surface area contributed by atoms with Crippen LogP contribution in [0.5, 0.6) is 11.5 Å². The van der Waals surface area contributed by atoms with Gasteiger partial charge < -0.3 is 19.9 Å². The highest BCUT2D eigenvalue weighted by molar-refractivity contribution is 6.35. The van der Waals surface area contributed by atoms with Crippen molar-refractivity contribution in [3.63, 3.8) is 0 Å². The number of nitrogens with one attached hydrogen (secondary N) is 1. The average molecular weight is 419 g/mol. The molecular formula is C19H22Cl3NO3.